The van der Waals surface area contributed by atoms with Crippen LogP contribution in [-0.4, -0.2) is 43.4 Å². The van der Waals surface area contributed by atoms with Crippen molar-refractivity contribution in [1.29, 1.82) is 0 Å². The number of sulfonamides is 1. The molecule has 0 aliphatic carbocycles. The number of nitrogens with one attached hydrogen (secondary N) is 1. The fraction of sp³-hybridized carbons (Fsp3) is 0.350. The zero-order valence-electron chi connectivity index (χ0n) is 15.9. The average molecular weight is 459 g/mol. The minimum atomic E-state index is -4.20. The van der Waals surface area contributed by atoms with Gasteiger partial charge in [-0.1, -0.05) is 18.0 Å². The first kappa shape index (κ1) is 22.6. The van der Waals surface area contributed by atoms with E-state index in [1.54, 1.807) is 0 Å². The lowest BCUT2D eigenvalue weighted by molar-refractivity contribution is 0.102. The number of carbonyl (C=O) groups is 1. The summed E-state index contributed by atoms with van der Waals surface area (Å²) in [7, 11) is -4.20. The molecule has 0 saturated carbocycles. The first-order chi connectivity index (χ1) is 14.2. The van der Waals surface area contributed by atoms with Crippen molar-refractivity contribution in [3.8, 4) is 0 Å². The van der Waals surface area contributed by atoms with Gasteiger partial charge in [0.1, 0.15) is 16.5 Å². The van der Waals surface area contributed by atoms with Crippen molar-refractivity contribution in [3.05, 3.63) is 58.6 Å². The lowest BCUT2D eigenvalue weighted by atomic mass is 10.1. The van der Waals surface area contributed by atoms with Crippen LogP contribution in [0.3, 0.4) is 0 Å². The Morgan fingerprint density at radius 1 is 1.17 bits per heavy atom. The van der Waals surface area contributed by atoms with Crippen molar-refractivity contribution in [3.63, 3.8) is 0 Å². The molecule has 0 radical (unpaired) electrons. The Kier molecular flexibility index (Phi) is 7.07. The van der Waals surface area contributed by atoms with Gasteiger partial charge in [0.15, 0.2) is 0 Å². The predicted octanol–water partition coefficient (Wildman–Crippen LogP) is 3.65. The van der Waals surface area contributed by atoms with Crippen molar-refractivity contribution in [2.45, 2.75) is 24.2 Å². The number of carbonyl (C=O) groups excluding carboxylic acids is 1. The molecule has 1 atom stereocenters. The van der Waals surface area contributed by atoms with Crippen molar-refractivity contribution in [2.24, 2.45) is 5.92 Å². The maximum atomic E-state index is 14.4. The van der Waals surface area contributed by atoms with Crippen molar-refractivity contribution >= 4 is 33.2 Å². The van der Waals surface area contributed by atoms with E-state index in [4.69, 9.17) is 11.6 Å². The van der Waals surface area contributed by atoms with Crippen LogP contribution in [0.4, 0.5) is 14.5 Å². The number of hydrogen-bond donors (Lipinski definition) is 2. The molecule has 1 saturated heterocycles. The molecule has 1 unspecified atom stereocenters. The van der Waals surface area contributed by atoms with Crippen molar-refractivity contribution in [1.82, 2.24) is 4.31 Å². The summed E-state index contributed by atoms with van der Waals surface area (Å²) in [6.45, 7) is 0.142. The van der Waals surface area contributed by atoms with Crippen LogP contribution in [0.5, 0.6) is 0 Å². The van der Waals surface area contributed by atoms with E-state index in [0.29, 0.717) is 12.8 Å². The number of aliphatic hydroxyl groups is 1. The van der Waals surface area contributed by atoms with Crippen LogP contribution in [0, 0.1) is 17.6 Å². The molecule has 2 aromatic rings. The molecule has 1 aliphatic rings. The SMILES string of the molecule is O=C(Nc1ccc(F)c(Cl)c1)c1ccc(F)c(S(=O)(=O)N2CCCCC(CO)C2)c1. The normalized spacial score (nSPS) is 18.1. The Bertz CT molecular complexity index is 1050. The van der Waals surface area contributed by atoms with Gasteiger partial charge in [-0.3, -0.25) is 4.79 Å². The highest BCUT2D eigenvalue weighted by Crippen LogP contribution is 2.26. The van der Waals surface area contributed by atoms with E-state index in [2.05, 4.69) is 5.32 Å². The van der Waals surface area contributed by atoms with Crippen LogP contribution in [0.15, 0.2) is 41.3 Å². The molecule has 0 bridgehead atoms. The molecule has 0 spiro atoms. The summed E-state index contributed by atoms with van der Waals surface area (Å²) in [4.78, 5) is 11.9. The Morgan fingerprint density at radius 3 is 2.60 bits per heavy atom. The van der Waals surface area contributed by atoms with E-state index in [1.165, 1.54) is 12.1 Å². The van der Waals surface area contributed by atoms with Gasteiger partial charge in [-0.05, 0) is 55.2 Å². The molecule has 1 aliphatic heterocycles. The van der Waals surface area contributed by atoms with Crippen LogP contribution < -0.4 is 5.32 Å². The lowest BCUT2D eigenvalue weighted by Crippen LogP contribution is -2.36. The zero-order valence-corrected chi connectivity index (χ0v) is 17.5. The summed E-state index contributed by atoms with van der Waals surface area (Å²) in [5, 5.41) is 11.7. The average Bonchev–Trinajstić information content (AvgIpc) is 2.97. The lowest BCUT2D eigenvalue weighted by Gasteiger charge is -2.23. The van der Waals surface area contributed by atoms with Gasteiger partial charge < -0.3 is 10.4 Å². The molecule has 2 aromatic carbocycles. The molecule has 30 heavy (non-hydrogen) atoms. The van der Waals surface area contributed by atoms with Gasteiger partial charge in [0.2, 0.25) is 10.0 Å². The molecular formula is C20H21ClF2N2O4S. The fourth-order valence-corrected chi connectivity index (χ4v) is 5.14. The second-order valence-corrected chi connectivity index (χ2v) is 9.45. The third-order valence-electron chi connectivity index (χ3n) is 4.98. The maximum Gasteiger partial charge on any atom is 0.255 e. The molecule has 0 aromatic heterocycles. The minimum absolute atomic E-state index is 0.0797. The number of aliphatic hydroxyl groups excluding tert-OH is 1. The van der Waals surface area contributed by atoms with E-state index in [9.17, 15) is 27.1 Å². The molecule has 10 heteroatoms. The van der Waals surface area contributed by atoms with Crippen molar-refractivity contribution < 1.29 is 27.1 Å². The number of anilines is 1. The Balaban J connectivity index is 1.88. The minimum Gasteiger partial charge on any atom is -0.396 e. The fourth-order valence-electron chi connectivity index (χ4n) is 3.32. The van der Waals surface area contributed by atoms with E-state index in [1.807, 2.05) is 0 Å². The third kappa shape index (κ3) is 4.97. The van der Waals surface area contributed by atoms with Gasteiger partial charge in [-0.25, -0.2) is 17.2 Å². The Morgan fingerprint density at radius 2 is 1.90 bits per heavy atom. The van der Waals surface area contributed by atoms with Gasteiger partial charge in [0.25, 0.3) is 5.91 Å². The Labute approximate surface area is 178 Å². The standard InChI is InChI=1S/C20H21ClF2N2O4S/c21-16-10-15(5-7-17(16)22)24-20(27)14-4-6-18(23)19(9-14)30(28,29)25-8-2-1-3-13(11-25)12-26/h4-7,9-10,13,26H,1-3,8,11-12H2,(H,24,27). The van der Waals surface area contributed by atoms with Gasteiger partial charge in [0, 0.05) is 30.9 Å². The molecule has 1 amide bonds. The molecule has 2 N–H and O–H groups in total. The third-order valence-corrected chi connectivity index (χ3v) is 7.15. The molecule has 6 nitrogen and oxygen atoms in total. The summed E-state index contributed by atoms with van der Waals surface area (Å²) in [6.07, 6.45) is 2.05. The molecule has 3 rings (SSSR count). The van der Waals surface area contributed by atoms with Crippen LogP contribution in [0.1, 0.15) is 29.6 Å². The zero-order chi connectivity index (χ0) is 21.9. The van der Waals surface area contributed by atoms with Crippen LogP contribution in [-0.2, 0) is 10.0 Å². The van der Waals surface area contributed by atoms with Crippen LogP contribution in [0.25, 0.3) is 0 Å². The Hall–Kier alpha value is -2.07. The highest BCUT2D eigenvalue weighted by molar-refractivity contribution is 7.89. The van der Waals surface area contributed by atoms with Gasteiger partial charge in [-0.2, -0.15) is 4.31 Å². The maximum absolute atomic E-state index is 14.4. The second-order valence-electron chi connectivity index (χ2n) is 7.14. The number of halogens is 3. The van der Waals surface area contributed by atoms with Crippen LogP contribution >= 0.6 is 11.6 Å². The molecule has 1 heterocycles. The molecule has 162 valence electrons. The van der Waals surface area contributed by atoms with Crippen molar-refractivity contribution in [2.75, 3.05) is 25.0 Å². The number of hydrogen-bond acceptors (Lipinski definition) is 4. The van der Waals surface area contributed by atoms with Crippen LogP contribution in [0.2, 0.25) is 5.02 Å². The molecular weight excluding hydrogens is 438 g/mol. The first-order valence-electron chi connectivity index (χ1n) is 9.39. The predicted molar refractivity (Wildman–Crippen MR) is 109 cm³/mol. The number of benzene rings is 2. The summed E-state index contributed by atoms with van der Waals surface area (Å²) in [5.74, 6) is -2.54. The van der Waals surface area contributed by atoms with E-state index >= 15 is 0 Å². The smallest absolute Gasteiger partial charge is 0.255 e. The summed E-state index contributed by atoms with van der Waals surface area (Å²) in [6, 6.07) is 6.64. The first-order valence-corrected chi connectivity index (χ1v) is 11.2. The van der Waals surface area contributed by atoms with E-state index in [0.717, 1.165) is 35.0 Å². The topological polar surface area (TPSA) is 86.7 Å². The highest BCUT2D eigenvalue weighted by Gasteiger charge is 2.31. The molecule has 1 fully saturated rings. The van der Waals surface area contributed by atoms with Gasteiger partial charge >= 0.3 is 0 Å². The number of rotatable bonds is 5. The quantitative estimate of drug-likeness (QED) is 0.716. The number of nitrogens with zero attached hydrogens (tertiary/aromatic N) is 1. The summed E-state index contributed by atoms with van der Waals surface area (Å²) >= 11 is 5.69. The van der Waals surface area contributed by atoms with E-state index in [-0.39, 0.29) is 41.9 Å². The largest absolute Gasteiger partial charge is 0.396 e. The van der Waals surface area contributed by atoms with Gasteiger partial charge in [-0.15, -0.1) is 0 Å². The summed E-state index contributed by atoms with van der Waals surface area (Å²) in [5.41, 5.74) is 0.127. The monoisotopic (exact) mass is 458 g/mol. The van der Waals surface area contributed by atoms with E-state index < -0.39 is 32.5 Å². The summed E-state index contributed by atoms with van der Waals surface area (Å²) < 4.78 is 55.0. The highest BCUT2D eigenvalue weighted by atomic mass is 35.5. The second kappa shape index (κ2) is 9.38. The van der Waals surface area contributed by atoms with Gasteiger partial charge in [0.05, 0.1) is 5.02 Å². The number of amides is 1.